The maximum absolute atomic E-state index is 14.3. The Morgan fingerprint density at radius 2 is 1.90 bits per heavy atom. The molecule has 118 valence electrons. The summed E-state index contributed by atoms with van der Waals surface area (Å²) in [6, 6.07) is 5.21. The molecule has 5 heteroatoms. The predicted octanol–water partition coefficient (Wildman–Crippen LogP) is 2.35. The van der Waals surface area contributed by atoms with E-state index in [0.717, 1.165) is 12.2 Å². The molecule has 1 N–H and O–H groups in total. The molecule has 1 heterocycles. The van der Waals surface area contributed by atoms with Crippen molar-refractivity contribution in [1.82, 2.24) is 5.32 Å². The highest BCUT2D eigenvalue weighted by molar-refractivity contribution is 5.56. The minimum absolute atomic E-state index is 0.0144. The van der Waals surface area contributed by atoms with Crippen LogP contribution in [0, 0.1) is 5.82 Å². The van der Waals surface area contributed by atoms with Gasteiger partial charge >= 0.3 is 0 Å². The SMILES string of the molecule is CCNC(C)c1c(F)cccc1N1CC(OC)C(OC)C1. The number of rotatable bonds is 6. The van der Waals surface area contributed by atoms with Crippen molar-refractivity contribution in [3.8, 4) is 0 Å². The van der Waals surface area contributed by atoms with Crippen LogP contribution in [-0.2, 0) is 9.47 Å². The zero-order valence-electron chi connectivity index (χ0n) is 13.2. The fraction of sp³-hybridized carbons (Fsp3) is 0.625. The first-order valence-corrected chi connectivity index (χ1v) is 7.44. The van der Waals surface area contributed by atoms with Crippen molar-refractivity contribution in [3.05, 3.63) is 29.6 Å². The van der Waals surface area contributed by atoms with Crippen molar-refractivity contribution in [2.24, 2.45) is 0 Å². The van der Waals surface area contributed by atoms with Gasteiger partial charge in [0.25, 0.3) is 0 Å². The van der Waals surface area contributed by atoms with Gasteiger partial charge < -0.3 is 19.7 Å². The smallest absolute Gasteiger partial charge is 0.130 e. The lowest BCUT2D eigenvalue weighted by Gasteiger charge is -2.25. The average molecular weight is 296 g/mol. The van der Waals surface area contributed by atoms with E-state index in [1.54, 1.807) is 20.3 Å². The molecule has 1 fully saturated rings. The number of anilines is 1. The molecule has 1 aromatic rings. The van der Waals surface area contributed by atoms with E-state index in [2.05, 4.69) is 10.2 Å². The van der Waals surface area contributed by atoms with Gasteiger partial charge in [0.05, 0.1) is 0 Å². The summed E-state index contributed by atoms with van der Waals surface area (Å²) in [7, 11) is 3.38. The first kappa shape index (κ1) is 16.2. The molecule has 0 bridgehead atoms. The topological polar surface area (TPSA) is 33.7 Å². The average Bonchev–Trinajstić information content (AvgIpc) is 2.90. The van der Waals surface area contributed by atoms with Gasteiger partial charge in [-0.25, -0.2) is 4.39 Å². The highest BCUT2D eigenvalue weighted by Gasteiger charge is 2.34. The highest BCUT2D eigenvalue weighted by Crippen LogP contribution is 2.32. The standard InChI is InChI=1S/C16H25FN2O2/c1-5-18-11(2)16-12(17)7-6-8-13(16)19-9-14(20-3)15(10-19)21-4/h6-8,11,14-15,18H,5,9-10H2,1-4H3. The molecule has 3 unspecified atom stereocenters. The van der Waals surface area contributed by atoms with Crippen LogP contribution in [0.5, 0.6) is 0 Å². The van der Waals surface area contributed by atoms with Crippen molar-refractivity contribution >= 4 is 5.69 Å². The van der Waals surface area contributed by atoms with Crippen molar-refractivity contribution in [2.45, 2.75) is 32.1 Å². The number of hydrogen-bond donors (Lipinski definition) is 1. The summed E-state index contributed by atoms with van der Waals surface area (Å²) in [6.07, 6.45) is 0.0288. The van der Waals surface area contributed by atoms with Crippen LogP contribution in [0.15, 0.2) is 18.2 Å². The fourth-order valence-corrected chi connectivity index (χ4v) is 3.03. The van der Waals surface area contributed by atoms with E-state index >= 15 is 0 Å². The van der Waals surface area contributed by atoms with Gasteiger partial charge in [-0.15, -0.1) is 0 Å². The second-order valence-corrected chi connectivity index (χ2v) is 5.41. The first-order valence-electron chi connectivity index (χ1n) is 7.44. The number of ether oxygens (including phenoxy) is 2. The maximum atomic E-state index is 14.3. The van der Waals surface area contributed by atoms with Crippen LogP contribution < -0.4 is 10.2 Å². The third-order valence-electron chi connectivity index (χ3n) is 4.13. The van der Waals surface area contributed by atoms with E-state index in [9.17, 15) is 4.39 Å². The Labute approximate surface area is 126 Å². The molecule has 1 aliphatic rings. The number of nitrogens with zero attached hydrogens (tertiary/aromatic N) is 1. The molecule has 0 radical (unpaired) electrons. The van der Waals surface area contributed by atoms with Crippen molar-refractivity contribution in [3.63, 3.8) is 0 Å². The summed E-state index contributed by atoms with van der Waals surface area (Å²) in [5.74, 6) is -0.171. The third kappa shape index (κ3) is 3.36. The molecule has 4 nitrogen and oxygen atoms in total. The molecule has 0 amide bonds. The number of benzene rings is 1. The van der Waals surface area contributed by atoms with Crippen LogP contribution in [-0.4, -0.2) is 46.1 Å². The lowest BCUT2D eigenvalue weighted by Crippen LogP contribution is -2.27. The van der Waals surface area contributed by atoms with Crippen LogP contribution in [0.3, 0.4) is 0 Å². The van der Waals surface area contributed by atoms with Crippen molar-refractivity contribution < 1.29 is 13.9 Å². The molecule has 2 rings (SSSR count). The Morgan fingerprint density at radius 1 is 1.29 bits per heavy atom. The minimum Gasteiger partial charge on any atom is -0.377 e. The van der Waals surface area contributed by atoms with Gasteiger partial charge in [0.1, 0.15) is 18.0 Å². The number of halogens is 1. The zero-order chi connectivity index (χ0) is 15.4. The molecule has 1 aromatic carbocycles. The van der Waals surface area contributed by atoms with E-state index in [-0.39, 0.29) is 24.1 Å². The van der Waals surface area contributed by atoms with E-state index in [1.807, 2.05) is 19.9 Å². The minimum atomic E-state index is -0.171. The van der Waals surface area contributed by atoms with Gasteiger partial charge in [-0.2, -0.15) is 0 Å². The van der Waals surface area contributed by atoms with E-state index in [4.69, 9.17) is 9.47 Å². The van der Waals surface area contributed by atoms with Gasteiger partial charge in [0.2, 0.25) is 0 Å². The largest absolute Gasteiger partial charge is 0.377 e. The van der Waals surface area contributed by atoms with Gasteiger partial charge in [0.15, 0.2) is 0 Å². The van der Waals surface area contributed by atoms with E-state index < -0.39 is 0 Å². The van der Waals surface area contributed by atoms with Crippen LogP contribution >= 0.6 is 0 Å². The fourth-order valence-electron chi connectivity index (χ4n) is 3.03. The normalized spacial score (nSPS) is 23.6. The monoisotopic (exact) mass is 296 g/mol. The number of nitrogens with one attached hydrogen (secondary N) is 1. The van der Waals surface area contributed by atoms with Crippen LogP contribution in [0.4, 0.5) is 10.1 Å². The van der Waals surface area contributed by atoms with Crippen molar-refractivity contribution in [1.29, 1.82) is 0 Å². The molecule has 1 saturated heterocycles. The van der Waals surface area contributed by atoms with Crippen LogP contribution in [0.25, 0.3) is 0 Å². The van der Waals surface area contributed by atoms with E-state index in [0.29, 0.717) is 18.7 Å². The number of hydrogen-bond acceptors (Lipinski definition) is 4. The lowest BCUT2D eigenvalue weighted by molar-refractivity contribution is -0.00461. The molecule has 0 saturated carbocycles. The Kier molecular flexibility index (Phi) is 5.56. The van der Waals surface area contributed by atoms with E-state index in [1.165, 1.54) is 6.07 Å². The second kappa shape index (κ2) is 7.20. The predicted molar refractivity (Wildman–Crippen MR) is 82.3 cm³/mol. The molecule has 21 heavy (non-hydrogen) atoms. The lowest BCUT2D eigenvalue weighted by atomic mass is 10.0. The maximum Gasteiger partial charge on any atom is 0.130 e. The van der Waals surface area contributed by atoms with Gasteiger partial charge in [-0.05, 0) is 25.6 Å². The number of methoxy groups -OCH3 is 2. The zero-order valence-corrected chi connectivity index (χ0v) is 13.2. The summed E-state index contributed by atoms with van der Waals surface area (Å²) in [4.78, 5) is 2.15. The van der Waals surface area contributed by atoms with Gasteiger partial charge in [-0.3, -0.25) is 0 Å². The summed E-state index contributed by atoms with van der Waals surface area (Å²) in [5.41, 5.74) is 1.64. The molecular weight excluding hydrogens is 271 g/mol. The summed E-state index contributed by atoms with van der Waals surface area (Å²) < 4.78 is 25.2. The Hall–Kier alpha value is -1.17. The summed E-state index contributed by atoms with van der Waals surface area (Å²) in [6.45, 7) is 6.24. The quantitative estimate of drug-likeness (QED) is 0.874. The molecule has 0 spiro atoms. The molecule has 3 atom stereocenters. The Balaban J connectivity index is 2.30. The van der Waals surface area contributed by atoms with Crippen LogP contribution in [0.1, 0.15) is 25.5 Å². The molecule has 1 aliphatic heterocycles. The van der Waals surface area contributed by atoms with Crippen molar-refractivity contribution in [2.75, 3.05) is 38.8 Å². The third-order valence-corrected chi connectivity index (χ3v) is 4.13. The molecule has 0 aromatic heterocycles. The molecule has 0 aliphatic carbocycles. The second-order valence-electron chi connectivity index (χ2n) is 5.41. The van der Waals surface area contributed by atoms with Gasteiger partial charge in [-0.1, -0.05) is 13.0 Å². The summed E-state index contributed by atoms with van der Waals surface area (Å²) in [5, 5.41) is 3.29. The summed E-state index contributed by atoms with van der Waals surface area (Å²) >= 11 is 0. The molecular formula is C16H25FN2O2. The first-order chi connectivity index (χ1) is 10.1. The Morgan fingerprint density at radius 3 is 2.43 bits per heavy atom. The van der Waals surface area contributed by atoms with Crippen LogP contribution in [0.2, 0.25) is 0 Å². The highest BCUT2D eigenvalue weighted by atomic mass is 19.1. The van der Waals surface area contributed by atoms with Gasteiger partial charge in [0, 0.05) is 44.6 Å². The Bertz CT molecular complexity index is 458.